The van der Waals surface area contributed by atoms with Crippen molar-refractivity contribution < 1.29 is 34.8 Å². The van der Waals surface area contributed by atoms with E-state index in [0.29, 0.717) is 24.0 Å². The zero-order valence-electron chi connectivity index (χ0n) is 23.6. The van der Waals surface area contributed by atoms with Gasteiger partial charge in [-0.2, -0.15) is 0 Å². The van der Waals surface area contributed by atoms with Crippen LogP contribution < -0.4 is 10.6 Å². The molecule has 41 heavy (non-hydrogen) atoms. The first kappa shape index (κ1) is 28.8. The minimum absolute atomic E-state index is 0.0462. The van der Waals surface area contributed by atoms with E-state index in [1.54, 1.807) is 14.1 Å². The van der Waals surface area contributed by atoms with Crippen molar-refractivity contribution in [3.63, 3.8) is 0 Å². The van der Waals surface area contributed by atoms with E-state index in [1.165, 1.54) is 16.2 Å². The van der Waals surface area contributed by atoms with Gasteiger partial charge in [-0.25, -0.2) is 4.98 Å². The van der Waals surface area contributed by atoms with Crippen LogP contribution in [0.15, 0.2) is 28.4 Å². The lowest BCUT2D eigenvalue weighted by atomic mass is 9.57. The standard InChI is InChI=1S/C29H34N4O7S/c1-12-11-41-18(31-12)7-6-13-10-17(32(2)3)15-8-14-9-16-22(33(4)5)25(36)21(28(30)39)27(38)29(16,40)26(37)19(14)24(35)20(15)23(13)34/h10-11,14,16,22,34-35,38,40H,6-9H2,1-5H3,(H2,30,39)/t14-,16-,22?,29-/m0/s1. The Bertz CT molecular complexity index is 1560. The Morgan fingerprint density at radius 2 is 1.85 bits per heavy atom. The van der Waals surface area contributed by atoms with Crippen LogP contribution in [0, 0.1) is 18.8 Å². The molecule has 0 aliphatic heterocycles. The number of rotatable bonds is 6. The van der Waals surface area contributed by atoms with Gasteiger partial charge in [-0.1, -0.05) is 0 Å². The molecule has 1 fully saturated rings. The molecule has 3 aliphatic carbocycles. The fourth-order valence-corrected chi connectivity index (χ4v) is 7.47. The molecule has 1 saturated carbocycles. The van der Waals surface area contributed by atoms with Gasteiger partial charge < -0.3 is 31.1 Å². The van der Waals surface area contributed by atoms with E-state index in [4.69, 9.17) is 5.73 Å². The van der Waals surface area contributed by atoms with E-state index in [2.05, 4.69) is 4.98 Å². The predicted molar refractivity (Wildman–Crippen MR) is 153 cm³/mol. The fourth-order valence-electron chi connectivity index (χ4n) is 6.69. The van der Waals surface area contributed by atoms with E-state index in [9.17, 15) is 34.8 Å². The van der Waals surface area contributed by atoms with Crippen LogP contribution in [-0.2, 0) is 33.6 Å². The predicted octanol–water partition coefficient (Wildman–Crippen LogP) is 1.58. The third-order valence-electron chi connectivity index (χ3n) is 8.53. The maximum Gasteiger partial charge on any atom is 0.255 e. The van der Waals surface area contributed by atoms with E-state index >= 15 is 0 Å². The summed E-state index contributed by atoms with van der Waals surface area (Å²) in [6.45, 7) is 1.91. The number of likely N-dealkylation sites (N-methyl/N-ethyl adjacent to an activating group) is 1. The number of nitrogens with zero attached hydrogens (tertiary/aromatic N) is 3. The number of aromatic nitrogens is 1. The first-order valence-corrected chi connectivity index (χ1v) is 14.2. The quantitative estimate of drug-likeness (QED) is 0.314. The number of anilines is 1. The molecule has 0 radical (unpaired) electrons. The topological polar surface area (TPSA) is 178 Å². The van der Waals surface area contributed by atoms with Crippen LogP contribution in [-0.4, -0.2) is 87.6 Å². The molecule has 1 heterocycles. The second kappa shape index (κ2) is 9.97. The normalized spacial score (nSPS) is 25.8. The summed E-state index contributed by atoms with van der Waals surface area (Å²) in [7, 11) is 6.84. The molecule has 1 aromatic heterocycles. The van der Waals surface area contributed by atoms with Crippen LogP contribution in [0.25, 0.3) is 5.76 Å². The molecule has 3 aliphatic rings. The molecule has 12 heteroatoms. The van der Waals surface area contributed by atoms with Crippen molar-refractivity contribution in [2.24, 2.45) is 17.6 Å². The van der Waals surface area contributed by atoms with E-state index in [0.717, 1.165) is 16.4 Å². The SMILES string of the molecule is Cc1csc(CCc2cc(N(C)C)c3c(c2O)C(O)=C2C(=O)[C@]4(O)C(O)=C(C(N)=O)C(=O)C(N(C)C)[C@@H]4C[C@@H]2C3)n1. The first-order chi connectivity index (χ1) is 19.2. The molecule has 1 unspecified atom stereocenters. The molecule has 6 N–H and O–H groups in total. The Morgan fingerprint density at radius 3 is 2.41 bits per heavy atom. The van der Waals surface area contributed by atoms with E-state index < -0.39 is 58.0 Å². The number of aromatic hydroxyl groups is 1. The summed E-state index contributed by atoms with van der Waals surface area (Å²) in [6, 6.07) is 0.750. The van der Waals surface area contributed by atoms with Crippen LogP contribution in [0.2, 0.25) is 0 Å². The summed E-state index contributed by atoms with van der Waals surface area (Å²) in [5, 5.41) is 48.7. The summed E-state index contributed by atoms with van der Waals surface area (Å²) < 4.78 is 0. The van der Waals surface area contributed by atoms with Crippen LogP contribution in [0.5, 0.6) is 5.75 Å². The molecule has 11 nitrogen and oxygen atoms in total. The van der Waals surface area contributed by atoms with Crippen LogP contribution in [0.3, 0.4) is 0 Å². The van der Waals surface area contributed by atoms with Crippen molar-refractivity contribution in [1.29, 1.82) is 0 Å². The molecular weight excluding hydrogens is 548 g/mol. The molecule has 2 aromatic rings. The third kappa shape index (κ3) is 4.23. The second-order valence-electron chi connectivity index (χ2n) is 11.5. The van der Waals surface area contributed by atoms with Crippen LogP contribution in [0.4, 0.5) is 5.69 Å². The Kier molecular flexibility index (Phi) is 6.99. The molecule has 218 valence electrons. The highest BCUT2D eigenvalue weighted by atomic mass is 32.1. The maximum atomic E-state index is 14.1. The number of carbonyl (C=O) groups excluding carboxylic acids is 3. The average Bonchev–Trinajstić information content (AvgIpc) is 3.30. The Labute approximate surface area is 241 Å². The third-order valence-corrected chi connectivity index (χ3v) is 9.56. The average molecular weight is 583 g/mol. The lowest BCUT2D eigenvalue weighted by Gasteiger charge is -2.50. The number of Topliss-reactive ketones (excluding diaryl/α,β-unsaturated/α-hetero) is 2. The van der Waals surface area contributed by atoms with Crippen molar-refractivity contribution in [3.8, 4) is 5.75 Å². The van der Waals surface area contributed by atoms with Gasteiger partial charge in [-0.3, -0.25) is 19.3 Å². The van der Waals surface area contributed by atoms with Crippen molar-refractivity contribution in [2.45, 2.75) is 44.2 Å². The summed E-state index contributed by atoms with van der Waals surface area (Å²) >= 11 is 1.52. The zero-order chi connectivity index (χ0) is 30.1. The number of aliphatic hydroxyl groups excluding tert-OH is 2. The number of phenols is 1. The van der Waals surface area contributed by atoms with Crippen LogP contribution >= 0.6 is 11.3 Å². The molecule has 4 atom stereocenters. The van der Waals surface area contributed by atoms with Gasteiger partial charge in [0.1, 0.15) is 22.8 Å². The van der Waals surface area contributed by atoms with E-state index in [-0.39, 0.29) is 29.7 Å². The van der Waals surface area contributed by atoms with Crippen molar-refractivity contribution in [2.75, 3.05) is 33.1 Å². The van der Waals surface area contributed by atoms with E-state index in [1.807, 2.05) is 37.4 Å². The highest BCUT2D eigenvalue weighted by Gasteiger charge is 2.64. The van der Waals surface area contributed by atoms with Gasteiger partial charge in [0.2, 0.25) is 5.78 Å². The number of carbonyl (C=O) groups is 3. The number of aryl methyl sites for hydroxylation is 3. The fraction of sp³-hybridized carbons (Fsp3) is 0.448. The number of phenolic OH excluding ortho intramolecular Hbond substituents is 1. The lowest BCUT2D eigenvalue weighted by Crippen LogP contribution is -2.65. The minimum atomic E-state index is -2.66. The van der Waals surface area contributed by atoms with Gasteiger partial charge in [-0.15, -0.1) is 11.3 Å². The first-order valence-electron chi connectivity index (χ1n) is 13.3. The highest BCUT2D eigenvalue weighted by molar-refractivity contribution is 7.09. The molecule has 1 aromatic carbocycles. The number of hydrogen-bond donors (Lipinski definition) is 5. The summed E-state index contributed by atoms with van der Waals surface area (Å²) in [6.07, 6.45) is 1.27. The number of aliphatic hydroxyl groups is 3. The number of thiazole rings is 1. The second-order valence-corrected chi connectivity index (χ2v) is 12.4. The molecule has 5 rings (SSSR count). The number of primary amides is 1. The Hall–Kier alpha value is -3.74. The summed E-state index contributed by atoms with van der Waals surface area (Å²) in [4.78, 5) is 47.3. The lowest BCUT2D eigenvalue weighted by molar-refractivity contribution is -0.153. The number of ketones is 2. The Balaban J connectivity index is 1.67. The van der Waals surface area contributed by atoms with Gasteiger partial charge in [0.05, 0.1) is 16.6 Å². The number of nitrogens with two attached hydrogens (primary N) is 1. The maximum absolute atomic E-state index is 14.1. The summed E-state index contributed by atoms with van der Waals surface area (Å²) in [5.74, 6) is -6.56. The van der Waals surface area contributed by atoms with Crippen molar-refractivity contribution >= 4 is 40.3 Å². The molecule has 0 bridgehead atoms. The van der Waals surface area contributed by atoms with Crippen molar-refractivity contribution in [1.82, 2.24) is 9.88 Å². The monoisotopic (exact) mass is 582 g/mol. The number of benzene rings is 1. The number of amides is 1. The minimum Gasteiger partial charge on any atom is -0.508 e. The largest absolute Gasteiger partial charge is 0.508 e. The molecule has 1 amide bonds. The molecule has 0 spiro atoms. The molecular formula is C29H34N4O7S. The van der Waals surface area contributed by atoms with Gasteiger partial charge in [-0.05, 0) is 63.4 Å². The highest BCUT2D eigenvalue weighted by Crippen LogP contribution is 2.54. The van der Waals surface area contributed by atoms with Gasteiger partial charge >= 0.3 is 0 Å². The number of fused-ring (bicyclic) bond motifs is 3. The van der Waals surface area contributed by atoms with Crippen molar-refractivity contribution in [3.05, 3.63) is 55.7 Å². The van der Waals surface area contributed by atoms with Gasteiger partial charge in [0.15, 0.2) is 11.4 Å². The Morgan fingerprint density at radius 1 is 1.17 bits per heavy atom. The smallest absolute Gasteiger partial charge is 0.255 e. The summed E-state index contributed by atoms with van der Waals surface area (Å²) in [5.41, 5.74) is 4.68. The van der Waals surface area contributed by atoms with Gasteiger partial charge in [0.25, 0.3) is 5.91 Å². The molecule has 0 saturated heterocycles. The number of hydrogen-bond acceptors (Lipinski definition) is 11. The van der Waals surface area contributed by atoms with Gasteiger partial charge in [0, 0.05) is 48.8 Å². The zero-order valence-corrected chi connectivity index (χ0v) is 24.4. The van der Waals surface area contributed by atoms with Crippen LogP contribution in [0.1, 0.15) is 33.8 Å².